The van der Waals surface area contributed by atoms with Crippen molar-refractivity contribution in [3.63, 3.8) is 0 Å². The van der Waals surface area contributed by atoms with Gasteiger partial charge in [0.2, 0.25) is 0 Å². The molecule has 0 aromatic heterocycles. The minimum absolute atomic E-state index is 0.211. The predicted molar refractivity (Wildman–Crippen MR) is 275 cm³/mol. The molecule has 6 atom stereocenters. The Hall–Kier alpha value is -1.56. The van der Waals surface area contributed by atoms with Crippen LogP contribution in [0.3, 0.4) is 0 Å². The fourth-order valence-electron chi connectivity index (χ4n) is 9.13. The maximum absolute atomic E-state index is 12.9. The summed E-state index contributed by atoms with van der Waals surface area (Å²) in [5.74, 6) is -0.787. The fraction of sp³-hybridized carbons (Fsp3) is 0.930. The van der Waals surface area contributed by atoms with Gasteiger partial charge in [0.15, 0.2) is 12.4 Å². The number of rotatable bonds is 50. The van der Waals surface area contributed by atoms with Crippen molar-refractivity contribution in [3.8, 4) is 0 Å². The number of ether oxygens (including phenoxy) is 4. The molecule has 1 aliphatic heterocycles. The van der Waals surface area contributed by atoms with E-state index in [1.54, 1.807) is 0 Å². The summed E-state index contributed by atoms with van der Waals surface area (Å²) in [6.07, 6.45) is 48.0. The number of allylic oxidation sites excluding steroid dienone is 2. The monoisotopic (exact) mass is 953 g/mol. The van der Waals surface area contributed by atoms with E-state index in [0.717, 1.165) is 38.5 Å². The summed E-state index contributed by atoms with van der Waals surface area (Å²) in [6.45, 7) is 3.48. The highest BCUT2D eigenvalue weighted by molar-refractivity contribution is 5.70. The van der Waals surface area contributed by atoms with Crippen molar-refractivity contribution < 1.29 is 49.0 Å². The molecular weight excluding hydrogens is 845 g/mol. The van der Waals surface area contributed by atoms with Crippen LogP contribution < -0.4 is 0 Å². The first-order valence-corrected chi connectivity index (χ1v) is 28.8. The number of unbranched alkanes of at least 4 members (excludes halogenated alkanes) is 37. The van der Waals surface area contributed by atoms with Crippen molar-refractivity contribution >= 4 is 11.9 Å². The Balaban J connectivity index is 2.19. The Morgan fingerprint density at radius 1 is 0.448 bits per heavy atom. The highest BCUT2D eigenvalue weighted by Crippen LogP contribution is 2.23. The summed E-state index contributed by atoms with van der Waals surface area (Å²) in [5, 5.41) is 40.3. The molecule has 1 aliphatic rings. The Kier molecular flexibility index (Phi) is 45.5. The van der Waals surface area contributed by atoms with Gasteiger partial charge in [-0.25, -0.2) is 0 Å². The van der Waals surface area contributed by atoms with Crippen molar-refractivity contribution in [2.45, 2.75) is 320 Å². The average molecular weight is 953 g/mol. The van der Waals surface area contributed by atoms with Crippen LogP contribution in [-0.4, -0.2) is 89.0 Å². The van der Waals surface area contributed by atoms with E-state index >= 15 is 0 Å². The lowest BCUT2D eigenvalue weighted by Gasteiger charge is -2.39. The van der Waals surface area contributed by atoms with E-state index in [2.05, 4.69) is 26.0 Å². The first-order valence-electron chi connectivity index (χ1n) is 28.8. The highest BCUT2D eigenvalue weighted by Gasteiger charge is 2.44. The van der Waals surface area contributed by atoms with Crippen LogP contribution in [0.5, 0.6) is 0 Å². The number of carbonyl (C=O) groups excluding carboxylic acids is 2. The van der Waals surface area contributed by atoms with Gasteiger partial charge < -0.3 is 39.4 Å². The van der Waals surface area contributed by atoms with Crippen LogP contribution in [0.4, 0.5) is 0 Å². The third-order valence-corrected chi connectivity index (χ3v) is 13.7. The van der Waals surface area contributed by atoms with Crippen LogP contribution in [0.2, 0.25) is 0 Å². The zero-order valence-electron chi connectivity index (χ0n) is 43.7. The van der Waals surface area contributed by atoms with Gasteiger partial charge in [0.1, 0.15) is 31.0 Å². The van der Waals surface area contributed by atoms with Crippen LogP contribution >= 0.6 is 0 Å². The lowest BCUT2D eigenvalue weighted by Crippen LogP contribution is -2.59. The van der Waals surface area contributed by atoms with Crippen molar-refractivity contribution in [1.82, 2.24) is 0 Å². The second-order valence-corrected chi connectivity index (χ2v) is 20.1. The quantitative estimate of drug-likeness (QED) is 0.0263. The number of esters is 2. The van der Waals surface area contributed by atoms with Gasteiger partial charge in [0, 0.05) is 12.8 Å². The summed E-state index contributed by atoms with van der Waals surface area (Å²) in [6, 6.07) is 0. The largest absolute Gasteiger partial charge is 0.462 e. The molecule has 4 N–H and O–H groups in total. The van der Waals surface area contributed by atoms with Crippen molar-refractivity contribution in [1.29, 1.82) is 0 Å². The van der Waals surface area contributed by atoms with E-state index in [1.165, 1.54) is 212 Å². The van der Waals surface area contributed by atoms with Crippen molar-refractivity contribution in [3.05, 3.63) is 12.2 Å². The molecule has 0 aromatic carbocycles. The molecule has 0 bridgehead atoms. The molecule has 10 heteroatoms. The van der Waals surface area contributed by atoms with Crippen LogP contribution in [-0.2, 0) is 28.5 Å². The topological polar surface area (TPSA) is 152 Å². The Morgan fingerprint density at radius 3 is 1.16 bits per heavy atom. The number of aliphatic hydroxyl groups is 4. The van der Waals surface area contributed by atoms with Crippen LogP contribution in [0.15, 0.2) is 12.2 Å². The number of carbonyl (C=O) groups is 2. The number of hydrogen-bond donors (Lipinski definition) is 4. The average Bonchev–Trinajstić information content (AvgIpc) is 3.33. The summed E-state index contributed by atoms with van der Waals surface area (Å²) >= 11 is 0. The van der Waals surface area contributed by atoms with Crippen molar-refractivity contribution in [2.24, 2.45) is 0 Å². The van der Waals surface area contributed by atoms with Crippen molar-refractivity contribution in [2.75, 3.05) is 19.8 Å². The molecule has 0 aromatic rings. The summed E-state index contributed by atoms with van der Waals surface area (Å²) in [5.41, 5.74) is 0. The van der Waals surface area contributed by atoms with E-state index in [1.807, 2.05) is 0 Å². The molecule has 0 spiro atoms. The van der Waals surface area contributed by atoms with Gasteiger partial charge in [-0.05, 0) is 38.5 Å². The molecule has 10 nitrogen and oxygen atoms in total. The third-order valence-electron chi connectivity index (χ3n) is 13.7. The molecule has 0 amide bonds. The second kappa shape index (κ2) is 48.1. The predicted octanol–water partition coefficient (Wildman–Crippen LogP) is 14.2. The van der Waals surface area contributed by atoms with E-state index < -0.39 is 49.4 Å². The zero-order valence-corrected chi connectivity index (χ0v) is 43.7. The van der Waals surface area contributed by atoms with Crippen LogP contribution in [0.1, 0.15) is 284 Å². The third kappa shape index (κ3) is 38.8. The highest BCUT2D eigenvalue weighted by atomic mass is 16.7. The van der Waals surface area contributed by atoms with Gasteiger partial charge in [-0.2, -0.15) is 0 Å². The lowest BCUT2D eigenvalue weighted by atomic mass is 9.99. The van der Waals surface area contributed by atoms with Gasteiger partial charge in [0.05, 0.1) is 13.2 Å². The minimum atomic E-state index is -1.59. The van der Waals surface area contributed by atoms with Gasteiger partial charge in [0.25, 0.3) is 0 Å². The summed E-state index contributed by atoms with van der Waals surface area (Å²) < 4.78 is 22.3. The molecule has 1 fully saturated rings. The molecule has 1 saturated heterocycles. The first kappa shape index (κ1) is 63.5. The Labute approximate surface area is 411 Å². The van der Waals surface area contributed by atoms with E-state index in [9.17, 15) is 30.0 Å². The fourth-order valence-corrected chi connectivity index (χ4v) is 9.13. The smallest absolute Gasteiger partial charge is 0.306 e. The van der Waals surface area contributed by atoms with Gasteiger partial charge >= 0.3 is 11.9 Å². The Morgan fingerprint density at radius 2 is 0.791 bits per heavy atom. The lowest BCUT2D eigenvalue weighted by molar-refractivity contribution is -0.305. The van der Waals surface area contributed by atoms with Crippen LogP contribution in [0.25, 0.3) is 0 Å². The molecule has 1 heterocycles. The summed E-state index contributed by atoms with van der Waals surface area (Å²) in [7, 11) is 0. The molecule has 0 radical (unpaired) electrons. The molecule has 67 heavy (non-hydrogen) atoms. The first-order chi connectivity index (χ1) is 32.8. The van der Waals surface area contributed by atoms with Crippen LogP contribution in [0, 0.1) is 0 Å². The maximum Gasteiger partial charge on any atom is 0.306 e. The molecule has 1 rings (SSSR count). The minimum Gasteiger partial charge on any atom is -0.462 e. The molecule has 0 saturated carbocycles. The van der Waals surface area contributed by atoms with Gasteiger partial charge in [-0.3, -0.25) is 9.59 Å². The number of aliphatic hydroxyl groups excluding tert-OH is 4. The SMILES string of the molecule is CCCCCCCC/C=C/CCCCCCCCCCCCCC(=O)OC[C@@H](CO[C@H]1O[C@@H](CO)[C@@H](O)C(O)C1O)OC(=O)CCCCCCCCCCCCCCCCCCCCCCC. The Bertz CT molecular complexity index is 1100. The maximum atomic E-state index is 12.9. The molecule has 2 unspecified atom stereocenters. The molecular formula is C57H108O10. The molecule has 396 valence electrons. The zero-order chi connectivity index (χ0) is 48.7. The van der Waals surface area contributed by atoms with Gasteiger partial charge in [-0.1, -0.05) is 244 Å². The van der Waals surface area contributed by atoms with Gasteiger partial charge in [-0.15, -0.1) is 0 Å². The number of hydrogen-bond acceptors (Lipinski definition) is 10. The normalized spacial score (nSPS) is 19.0. The second-order valence-electron chi connectivity index (χ2n) is 20.1. The van der Waals surface area contributed by atoms with E-state index in [4.69, 9.17) is 18.9 Å². The van der Waals surface area contributed by atoms with E-state index in [-0.39, 0.29) is 32.0 Å². The standard InChI is InChI=1S/C57H108O10/c1-3-5-7-9-11-13-15-17-19-21-23-25-27-29-31-33-35-37-39-41-43-45-52(59)64-48-50(49-65-57-56(63)55(62)54(61)51(47-58)67-57)66-53(60)46-44-42-40-38-36-34-32-30-28-26-24-22-20-18-16-14-12-10-8-6-4-2/h17,19,50-51,54-58,61-63H,3-16,18,20-49H2,1-2H3/b19-17+/t50-,51-,54+,55?,56?,57-/m0/s1. The molecule has 0 aliphatic carbocycles. The summed E-state index contributed by atoms with van der Waals surface area (Å²) in [4.78, 5) is 25.5. The van der Waals surface area contributed by atoms with E-state index in [0.29, 0.717) is 6.42 Å².